The second-order valence-corrected chi connectivity index (χ2v) is 4.27. The molecule has 0 amide bonds. The van der Waals surface area contributed by atoms with Crippen molar-refractivity contribution >= 4 is 0 Å². The molecule has 0 aromatic rings. The molecule has 0 aromatic heterocycles. The molecule has 0 radical (unpaired) electrons. The van der Waals surface area contributed by atoms with Crippen LogP contribution in [-0.4, -0.2) is 11.2 Å². The van der Waals surface area contributed by atoms with Gasteiger partial charge >= 0.3 is 0 Å². The van der Waals surface area contributed by atoms with E-state index in [9.17, 15) is 5.11 Å². The Bertz CT molecular complexity index is 85.0. The highest BCUT2D eigenvalue weighted by atomic mass is 16.3. The molecule has 0 spiro atoms. The summed E-state index contributed by atoms with van der Waals surface area (Å²) in [6.07, 6.45) is 0.822. The van der Waals surface area contributed by atoms with E-state index in [1.807, 2.05) is 0 Å². The Morgan fingerprint density at radius 1 is 0.909 bits per heavy atom. The molecule has 1 nitrogen and oxygen atoms in total. The van der Waals surface area contributed by atoms with Gasteiger partial charge in [0.15, 0.2) is 0 Å². The van der Waals surface area contributed by atoms with Crippen LogP contribution < -0.4 is 0 Å². The Morgan fingerprint density at radius 3 is 1.64 bits per heavy atom. The minimum Gasteiger partial charge on any atom is -0.393 e. The minimum atomic E-state index is -0.118. The number of rotatable bonds is 4. The molecule has 1 N–H and O–H groups in total. The normalized spacial score (nSPS) is 17.5. The molecule has 0 aliphatic carbocycles. The predicted octanol–water partition coefficient (Wildman–Crippen LogP) is 2.69. The van der Waals surface area contributed by atoms with Crippen molar-refractivity contribution in [1.29, 1.82) is 0 Å². The van der Waals surface area contributed by atoms with E-state index in [1.165, 1.54) is 0 Å². The molecule has 0 aromatic carbocycles. The van der Waals surface area contributed by atoms with E-state index in [4.69, 9.17) is 0 Å². The molecule has 2 atom stereocenters. The zero-order valence-electron chi connectivity index (χ0n) is 8.46. The summed E-state index contributed by atoms with van der Waals surface area (Å²) in [5.74, 6) is 1.71. The molecule has 68 valence electrons. The molecular weight excluding hydrogens is 136 g/mol. The van der Waals surface area contributed by atoms with E-state index in [-0.39, 0.29) is 6.10 Å². The molecule has 0 saturated carbocycles. The maximum absolute atomic E-state index is 9.55. The zero-order chi connectivity index (χ0) is 9.02. The highest BCUT2D eigenvalue weighted by Crippen LogP contribution is 2.19. The maximum atomic E-state index is 9.55. The third-order valence-electron chi connectivity index (χ3n) is 2.52. The Morgan fingerprint density at radius 2 is 1.36 bits per heavy atom. The molecule has 0 bridgehead atoms. The van der Waals surface area contributed by atoms with Gasteiger partial charge in [-0.15, -0.1) is 0 Å². The monoisotopic (exact) mass is 158 g/mol. The SMILES string of the molecule is CC(C)[C@H](O)C[C@H](C)C(C)C. The zero-order valence-corrected chi connectivity index (χ0v) is 8.46. The summed E-state index contributed by atoms with van der Waals surface area (Å²) in [7, 11) is 0. The fourth-order valence-corrected chi connectivity index (χ4v) is 0.925. The first kappa shape index (κ1) is 11.0. The van der Waals surface area contributed by atoms with Crippen molar-refractivity contribution in [1.82, 2.24) is 0 Å². The molecule has 0 fully saturated rings. The predicted molar refractivity (Wildman–Crippen MR) is 49.5 cm³/mol. The first-order valence-corrected chi connectivity index (χ1v) is 4.63. The highest BCUT2D eigenvalue weighted by Gasteiger charge is 2.15. The van der Waals surface area contributed by atoms with Crippen LogP contribution in [-0.2, 0) is 0 Å². The van der Waals surface area contributed by atoms with Gasteiger partial charge in [-0.05, 0) is 24.2 Å². The van der Waals surface area contributed by atoms with E-state index in [0.717, 1.165) is 6.42 Å². The Hall–Kier alpha value is -0.0400. The van der Waals surface area contributed by atoms with Gasteiger partial charge in [0.25, 0.3) is 0 Å². The fourth-order valence-electron chi connectivity index (χ4n) is 0.925. The lowest BCUT2D eigenvalue weighted by atomic mass is 9.89. The van der Waals surface area contributed by atoms with Crippen LogP contribution in [0.1, 0.15) is 41.0 Å². The lowest BCUT2D eigenvalue weighted by Gasteiger charge is -2.21. The van der Waals surface area contributed by atoms with Crippen LogP contribution in [0.2, 0.25) is 0 Å². The largest absolute Gasteiger partial charge is 0.393 e. The Kier molecular flexibility index (Phi) is 4.74. The molecular formula is C10H22O. The third-order valence-corrected chi connectivity index (χ3v) is 2.52. The lowest BCUT2D eigenvalue weighted by molar-refractivity contribution is 0.0914. The molecule has 1 heteroatoms. The number of aliphatic hydroxyl groups is 1. The summed E-state index contributed by atoms with van der Waals surface area (Å²) in [5.41, 5.74) is 0. The summed E-state index contributed by atoms with van der Waals surface area (Å²) in [6, 6.07) is 0. The van der Waals surface area contributed by atoms with Crippen molar-refractivity contribution < 1.29 is 5.11 Å². The van der Waals surface area contributed by atoms with Crippen LogP contribution in [0.5, 0.6) is 0 Å². The number of hydrogen-bond donors (Lipinski definition) is 1. The van der Waals surface area contributed by atoms with Crippen LogP contribution in [0, 0.1) is 17.8 Å². The molecule has 0 rings (SSSR count). The average Bonchev–Trinajstić information content (AvgIpc) is 1.87. The molecule has 0 heterocycles. The Labute approximate surface area is 70.8 Å². The standard InChI is InChI=1S/C10H22O/c1-7(2)9(5)6-10(11)8(3)4/h7-11H,6H2,1-5H3/t9-,10+/m0/s1. The van der Waals surface area contributed by atoms with Crippen LogP contribution in [0.25, 0.3) is 0 Å². The topological polar surface area (TPSA) is 20.2 Å². The summed E-state index contributed by atoms with van der Waals surface area (Å²) >= 11 is 0. The van der Waals surface area contributed by atoms with E-state index in [0.29, 0.717) is 17.8 Å². The van der Waals surface area contributed by atoms with Gasteiger partial charge in [-0.25, -0.2) is 0 Å². The summed E-state index contributed by atoms with van der Waals surface area (Å²) < 4.78 is 0. The summed E-state index contributed by atoms with van der Waals surface area (Å²) in [6.45, 7) is 10.8. The molecule has 0 saturated heterocycles. The lowest BCUT2D eigenvalue weighted by Crippen LogP contribution is -2.20. The second-order valence-electron chi connectivity index (χ2n) is 4.27. The smallest absolute Gasteiger partial charge is 0.0565 e. The van der Waals surface area contributed by atoms with Crippen molar-refractivity contribution in [3.05, 3.63) is 0 Å². The van der Waals surface area contributed by atoms with E-state index >= 15 is 0 Å². The van der Waals surface area contributed by atoms with Crippen LogP contribution in [0.3, 0.4) is 0 Å². The van der Waals surface area contributed by atoms with Gasteiger partial charge in [-0.2, -0.15) is 0 Å². The van der Waals surface area contributed by atoms with Gasteiger partial charge in [0.05, 0.1) is 6.10 Å². The van der Waals surface area contributed by atoms with Crippen molar-refractivity contribution in [3.8, 4) is 0 Å². The molecule has 0 unspecified atom stereocenters. The quantitative estimate of drug-likeness (QED) is 0.667. The van der Waals surface area contributed by atoms with Crippen LogP contribution in [0.4, 0.5) is 0 Å². The van der Waals surface area contributed by atoms with Gasteiger partial charge in [-0.1, -0.05) is 34.6 Å². The third kappa shape index (κ3) is 4.41. The first-order chi connectivity index (χ1) is 4.95. The van der Waals surface area contributed by atoms with E-state index in [1.54, 1.807) is 0 Å². The number of hydrogen-bond acceptors (Lipinski definition) is 1. The van der Waals surface area contributed by atoms with Gasteiger partial charge in [0.2, 0.25) is 0 Å². The molecule has 0 aliphatic rings. The summed E-state index contributed by atoms with van der Waals surface area (Å²) in [5, 5.41) is 9.55. The second kappa shape index (κ2) is 4.76. The number of aliphatic hydroxyl groups excluding tert-OH is 1. The maximum Gasteiger partial charge on any atom is 0.0565 e. The van der Waals surface area contributed by atoms with Gasteiger partial charge in [0, 0.05) is 0 Å². The highest BCUT2D eigenvalue weighted by molar-refractivity contribution is 4.66. The van der Waals surface area contributed by atoms with Gasteiger partial charge in [0.1, 0.15) is 0 Å². The van der Waals surface area contributed by atoms with Crippen LogP contribution >= 0.6 is 0 Å². The first-order valence-electron chi connectivity index (χ1n) is 4.63. The Balaban J connectivity index is 3.66. The fraction of sp³-hybridized carbons (Fsp3) is 1.00. The van der Waals surface area contributed by atoms with Crippen molar-refractivity contribution in [2.24, 2.45) is 17.8 Å². The van der Waals surface area contributed by atoms with E-state index in [2.05, 4.69) is 34.6 Å². The van der Waals surface area contributed by atoms with Gasteiger partial charge in [-0.3, -0.25) is 0 Å². The van der Waals surface area contributed by atoms with Crippen molar-refractivity contribution in [2.45, 2.75) is 47.1 Å². The van der Waals surface area contributed by atoms with Crippen LogP contribution in [0.15, 0.2) is 0 Å². The van der Waals surface area contributed by atoms with Crippen molar-refractivity contribution in [2.75, 3.05) is 0 Å². The molecule has 0 aliphatic heterocycles. The van der Waals surface area contributed by atoms with Gasteiger partial charge < -0.3 is 5.11 Å². The van der Waals surface area contributed by atoms with E-state index < -0.39 is 0 Å². The molecule has 11 heavy (non-hydrogen) atoms. The van der Waals surface area contributed by atoms with Crippen molar-refractivity contribution in [3.63, 3.8) is 0 Å². The average molecular weight is 158 g/mol. The summed E-state index contributed by atoms with van der Waals surface area (Å²) in [4.78, 5) is 0. The minimum absolute atomic E-state index is 0.118.